The van der Waals surface area contributed by atoms with Crippen LogP contribution in [0.25, 0.3) is 11.3 Å². The lowest BCUT2D eigenvalue weighted by atomic mass is 10.1. The summed E-state index contributed by atoms with van der Waals surface area (Å²) in [5.74, 6) is -1.39. The molecule has 0 saturated heterocycles. The molecule has 0 fully saturated rings. The summed E-state index contributed by atoms with van der Waals surface area (Å²) in [4.78, 5) is 39.3. The number of nitro groups is 1. The number of carbonyl (C=O) groups is 2. The Morgan fingerprint density at radius 1 is 1.24 bits per heavy atom. The molecule has 0 aliphatic heterocycles. The third kappa shape index (κ3) is 4.76. The zero-order valence-corrected chi connectivity index (χ0v) is 16.6. The fourth-order valence-corrected chi connectivity index (χ4v) is 3.41. The molecule has 3 rings (SSSR count). The van der Waals surface area contributed by atoms with Crippen molar-refractivity contribution in [3.63, 3.8) is 0 Å². The molecule has 1 heterocycles. The molecule has 1 aromatic heterocycles. The molecule has 148 valence electrons. The van der Waals surface area contributed by atoms with Crippen molar-refractivity contribution in [1.29, 1.82) is 0 Å². The Balaban J connectivity index is 1.86. The number of esters is 1. The average molecular weight is 432 g/mol. The van der Waals surface area contributed by atoms with Gasteiger partial charge in [0.15, 0.2) is 5.13 Å². The molecule has 0 spiro atoms. The standard InChI is InChI=1S/C19H14ClN3O5S/c1-2-28-18(25)12-7-11(8-13(9-12)23(26)27)17(24)22-19-21-16(10-29-19)14-5-3-4-6-15(14)20/h3-10H,2H2,1H3,(H,21,22,24). The van der Waals surface area contributed by atoms with Crippen LogP contribution in [0.1, 0.15) is 27.6 Å². The lowest BCUT2D eigenvalue weighted by Crippen LogP contribution is -2.14. The molecular formula is C19H14ClN3O5S. The van der Waals surface area contributed by atoms with E-state index < -0.39 is 22.5 Å². The number of rotatable bonds is 6. The summed E-state index contributed by atoms with van der Waals surface area (Å²) in [6.07, 6.45) is 0. The molecule has 0 aliphatic carbocycles. The second-order valence-corrected chi connectivity index (χ2v) is 6.98. The minimum atomic E-state index is -0.750. The van der Waals surface area contributed by atoms with Gasteiger partial charge in [-0.05, 0) is 19.1 Å². The molecule has 29 heavy (non-hydrogen) atoms. The molecule has 3 aromatic rings. The van der Waals surface area contributed by atoms with E-state index in [1.54, 1.807) is 30.5 Å². The Kier molecular flexibility index (Phi) is 6.20. The largest absolute Gasteiger partial charge is 0.462 e. The fourth-order valence-electron chi connectivity index (χ4n) is 2.47. The van der Waals surface area contributed by atoms with Gasteiger partial charge in [0.2, 0.25) is 0 Å². The van der Waals surface area contributed by atoms with E-state index in [0.29, 0.717) is 16.3 Å². The summed E-state index contributed by atoms with van der Waals surface area (Å²) < 4.78 is 4.86. The van der Waals surface area contributed by atoms with Crippen LogP contribution >= 0.6 is 22.9 Å². The summed E-state index contributed by atoms with van der Waals surface area (Å²) in [5.41, 5.74) is 0.767. The van der Waals surface area contributed by atoms with Crippen LogP contribution < -0.4 is 5.32 Å². The zero-order chi connectivity index (χ0) is 21.0. The van der Waals surface area contributed by atoms with E-state index >= 15 is 0 Å². The number of carbonyl (C=O) groups excluding carboxylic acids is 2. The number of ether oxygens (including phenoxy) is 1. The first-order valence-corrected chi connectivity index (χ1v) is 9.63. The number of nitrogens with zero attached hydrogens (tertiary/aromatic N) is 2. The van der Waals surface area contributed by atoms with E-state index in [9.17, 15) is 19.7 Å². The summed E-state index contributed by atoms with van der Waals surface area (Å²) in [6, 6.07) is 10.5. The molecular weight excluding hydrogens is 418 g/mol. The summed E-state index contributed by atoms with van der Waals surface area (Å²) in [7, 11) is 0. The van der Waals surface area contributed by atoms with Gasteiger partial charge in [0.1, 0.15) is 0 Å². The van der Waals surface area contributed by atoms with Gasteiger partial charge < -0.3 is 4.74 Å². The highest BCUT2D eigenvalue weighted by atomic mass is 35.5. The number of non-ortho nitro benzene ring substituents is 1. The van der Waals surface area contributed by atoms with Crippen molar-refractivity contribution in [3.05, 3.63) is 74.1 Å². The number of anilines is 1. The van der Waals surface area contributed by atoms with Crippen molar-refractivity contribution in [2.24, 2.45) is 0 Å². The zero-order valence-electron chi connectivity index (χ0n) is 15.0. The first-order chi connectivity index (χ1) is 13.9. The minimum Gasteiger partial charge on any atom is -0.462 e. The van der Waals surface area contributed by atoms with Gasteiger partial charge >= 0.3 is 5.97 Å². The number of nitro benzene ring substituents is 1. The Morgan fingerprint density at radius 2 is 1.97 bits per heavy atom. The van der Waals surface area contributed by atoms with E-state index in [4.69, 9.17) is 16.3 Å². The highest BCUT2D eigenvalue weighted by Gasteiger charge is 2.19. The quantitative estimate of drug-likeness (QED) is 0.341. The normalized spacial score (nSPS) is 10.4. The summed E-state index contributed by atoms with van der Waals surface area (Å²) in [6.45, 7) is 1.72. The third-order valence-corrected chi connectivity index (χ3v) is 4.86. The number of hydrogen-bond donors (Lipinski definition) is 1. The number of halogens is 1. The van der Waals surface area contributed by atoms with Crippen LogP contribution in [-0.4, -0.2) is 28.4 Å². The maximum absolute atomic E-state index is 12.6. The van der Waals surface area contributed by atoms with Crippen LogP contribution in [0.3, 0.4) is 0 Å². The number of thiazole rings is 1. The van der Waals surface area contributed by atoms with Gasteiger partial charge in [0.25, 0.3) is 11.6 Å². The van der Waals surface area contributed by atoms with E-state index in [-0.39, 0.29) is 22.9 Å². The van der Waals surface area contributed by atoms with Crippen molar-refractivity contribution in [1.82, 2.24) is 4.98 Å². The Hall–Kier alpha value is -3.30. The number of nitrogens with one attached hydrogen (secondary N) is 1. The van der Waals surface area contributed by atoms with Gasteiger partial charge in [-0.15, -0.1) is 11.3 Å². The van der Waals surface area contributed by atoms with Crippen molar-refractivity contribution >= 4 is 45.6 Å². The lowest BCUT2D eigenvalue weighted by Gasteiger charge is -2.06. The lowest BCUT2D eigenvalue weighted by molar-refractivity contribution is -0.384. The SMILES string of the molecule is CCOC(=O)c1cc(C(=O)Nc2nc(-c3ccccc3Cl)cs2)cc([N+](=O)[O-])c1. The fraction of sp³-hybridized carbons (Fsp3) is 0.105. The van der Waals surface area contributed by atoms with Crippen molar-refractivity contribution < 1.29 is 19.2 Å². The van der Waals surface area contributed by atoms with Crippen molar-refractivity contribution in [2.75, 3.05) is 11.9 Å². The van der Waals surface area contributed by atoms with Gasteiger partial charge in [0, 0.05) is 33.7 Å². The molecule has 2 aromatic carbocycles. The second-order valence-electron chi connectivity index (χ2n) is 5.72. The predicted octanol–water partition coefficient (Wildman–Crippen LogP) is 4.80. The van der Waals surface area contributed by atoms with Crippen LogP contribution in [0, 0.1) is 10.1 Å². The molecule has 0 radical (unpaired) electrons. The van der Waals surface area contributed by atoms with Gasteiger partial charge in [-0.25, -0.2) is 9.78 Å². The highest BCUT2D eigenvalue weighted by molar-refractivity contribution is 7.14. The molecule has 10 heteroatoms. The van der Waals surface area contributed by atoms with Crippen LogP contribution in [0.2, 0.25) is 5.02 Å². The van der Waals surface area contributed by atoms with E-state index in [2.05, 4.69) is 10.3 Å². The first-order valence-electron chi connectivity index (χ1n) is 8.37. The molecule has 0 bridgehead atoms. The minimum absolute atomic E-state index is 0.0586. The maximum Gasteiger partial charge on any atom is 0.338 e. The van der Waals surface area contributed by atoms with Crippen LogP contribution in [-0.2, 0) is 4.74 Å². The Bertz CT molecular complexity index is 1100. The van der Waals surface area contributed by atoms with Crippen molar-refractivity contribution in [2.45, 2.75) is 6.92 Å². The molecule has 0 aliphatic rings. The Labute approximate surface area is 174 Å². The number of aromatic nitrogens is 1. The van der Waals surface area contributed by atoms with E-state index in [0.717, 1.165) is 12.1 Å². The summed E-state index contributed by atoms with van der Waals surface area (Å²) >= 11 is 7.34. The molecule has 1 amide bonds. The van der Waals surface area contributed by atoms with E-state index in [1.165, 1.54) is 17.4 Å². The number of hydrogen-bond acceptors (Lipinski definition) is 7. The molecule has 0 saturated carbocycles. The van der Waals surface area contributed by atoms with Crippen LogP contribution in [0.5, 0.6) is 0 Å². The highest BCUT2D eigenvalue weighted by Crippen LogP contribution is 2.30. The maximum atomic E-state index is 12.6. The van der Waals surface area contributed by atoms with E-state index in [1.807, 2.05) is 6.07 Å². The molecule has 8 nitrogen and oxygen atoms in total. The Morgan fingerprint density at radius 3 is 2.66 bits per heavy atom. The topological polar surface area (TPSA) is 111 Å². The van der Waals surface area contributed by atoms with Gasteiger partial charge in [0.05, 0.1) is 22.8 Å². The average Bonchev–Trinajstić information content (AvgIpc) is 3.16. The van der Waals surface area contributed by atoms with Crippen LogP contribution in [0.15, 0.2) is 47.8 Å². The van der Waals surface area contributed by atoms with Crippen molar-refractivity contribution in [3.8, 4) is 11.3 Å². The third-order valence-electron chi connectivity index (χ3n) is 3.78. The number of amides is 1. The monoisotopic (exact) mass is 431 g/mol. The van der Waals surface area contributed by atoms with Gasteiger partial charge in [-0.1, -0.05) is 29.8 Å². The smallest absolute Gasteiger partial charge is 0.338 e. The molecule has 0 unspecified atom stereocenters. The van der Waals surface area contributed by atoms with Crippen LogP contribution in [0.4, 0.5) is 10.8 Å². The predicted molar refractivity (Wildman–Crippen MR) is 110 cm³/mol. The first kappa shape index (κ1) is 20.4. The molecule has 0 atom stereocenters. The second kappa shape index (κ2) is 8.80. The molecule has 1 N–H and O–H groups in total. The van der Waals surface area contributed by atoms with Gasteiger partial charge in [-0.3, -0.25) is 20.2 Å². The summed E-state index contributed by atoms with van der Waals surface area (Å²) in [5, 5.41) is 16.3. The number of benzene rings is 2. The van der Waals surface area contributed by atoms with Gasteiger partial charge in [-0.2, -0.15) is 0 Å².